The zero-order valence-electron chi connectivity index (χ0n) is 18.7. The highest BCUT2D eigenvalue weighted by Gasteiger charge is 2.27. The fourth-order valence-corrected chi connectivity index (χ4v) is 5.15. The summed E-state index contributed by atoms with van der Waals surface area (Å²) in [5.74, 6) is 1.31. The Bertz CT molecular complexity index is 1300. The second kappa shape index (κ2) is 10.8. The summed E-state index contributed by atoms with van der Waals surface area (Å²) in [5.41, 5.74) is 3.76. The third kappa shape index (κ3) is 5.84. The number of nitro groups is 1. The number of nitrogens with zero attached hydrogens (tertiary/aromatic N) is 4. The minimum Gasteiger partial charge on any atom is -0.489 e. The standard InChI is InChI=1S/C25H23BrN4O3S/c1-17-7-6-10-21(13-17)30-18(2)27-28-25(30)34-24(15-29(31)32)22-14-20(26)11-12-23(22)33-16-19-8-4-3-5-9-19/h3-14,24H,15-16H2,1-2H3/t24-/m1/s1. The van der Waals surface area contributed by atoms with E-state index in [1.807, 2.05) is 91.2 Å². The quantitative estimate of drug-likeness (QED) is 0.140. The van der Waals surface area contributed by atoms with Crippen LogP contribution in [0.25, 0.3) is 5.69 Å². The first-order valence-corrected chi connectivity index (χ1v) is 12.3. The van der Waals surface area contributed by atoms with Crippen LogP contribution in [0.3, 0.4) is 0 Å². The summed E-state index contributed by atoms with van der Waals surface area (Å²) in [6, 6.07) is 23.4. The third-order valence-electron chi connectivity index (χ3n) is 5.17. The highest BCUT2D eigenvalue weighted by atomic mass is 79.9. The number of aromatic nitrogens is 3. The molecule has 0 saturated heterocycles. The minimum atomic E-state index is -0.537. The summed E-state index contributed by atoms with van der Waals surface area (Å²) in [6.07, 6.45) is 0. The lowest BCUT2D eigenvalue weighted by Gasteiger charge is -2.18. The van der Waals surface area contributed by atoms with Crippen LogP contribution >= 0.6 is 27.7 Å². The average Bonchev–Trinajstić information content (AvgIpc) is 3.18. The maximum Gasteiger partial charge on any atom is 0.220 e. The topological polar surface area (TPSA) is 83.1 Å². The van der Waals surface area contributed by atoms with Gasteiger partial charge in [-0.15, -0.1) is 10.2 Å². The van der Waals surface area contributed by atoms with Crippen molar-refractivity contribution in [3.63, 3.8) is 0 Å². The number of hydrogen-bond acceptors (Lipinski definition) is 6. The zero-order chi connectivity index (χ0) is 24.1. The molecule has 0 bridgehead atoms. The molecule has 1 atom stereocenters. The Hall–Kier alpha value is -3.17. The second-order valence-electron chi connectivity index (χ2n) is 7.78. The second-order valence-corrected chi connectivity index (χ2v) is 9.87. The number of aryl methyl sites for hydroxylation is 2. The lowest BCUT2D eigenvalue weighted by Crippen LogP contribution is -2.12. The van der Waals surface area contributed by atoms with Crippen molar-refractivity contribution in [3.8, 4) is 11.4 Å². The molecule has 4 rings (SSSR count). The van der Waals surface area contributed by atoms with Crippen molar-refractivity contribution in [2.45, 2.75) is 30.9 Å². The summed E-state index contributed by atoms with van der Waals surface area (Å²) in [7, 11) is 0. The van der Waals surface area contributed by atoms with Gasteiger partial charge in [-0.25, -0.2) is 0 Å². The van der Waals surface area contributed by atoms with Crippen molar-refractivity contribution in [1.29, 1.82) is 0 Å². The van der Waals surface area contributed by atoms with E-state index in [0.717, 1.165) is 26.9 Å². The summed E-state index contributed by atoms with van der Waals surface area (Å²) < 4.78 is 8.86. The molecule has 174 valence electrons. The van der Waals surface area contributed by atoms with Crippen LogP contribution in [0.15, 0.2) is 82.4 Å². The molecule has 0 N–H and O–H groups in total. The number of thioether (sulfide) groups is 1. The highest BCUT2D eigenvalue weighted by molar-refractivity contribution is 9.10. The molecule has 0 spiro atoms. The largest absolute Gasteiger partial charge is 0.489 e. The molecule has 3 aromatic carbocycles. The molecule has 4 aromatic rings. The molecule has 0 aliphatic rings. The van der Waals surface area contributed by atoms with Gasteiger partial charge in [0.05, 0.1) is 0 Å². The van der Waals surface area contributed by atoms with Gasteiger partial charge in [-0.05, 0) is 55.3 Å². The van der Waals surface area contributed by atoms with Gasteiger partial charge in [-0.1, -0.05) is 70.2 Å². The van der Waals surface area contributed by atoms with Crippen LogP contribution in [0, 0.1) is 24.0 Å². The van der Waals surface area contributed by atoms with Gasteiger partial charge in [0, 0.05) is 20.6 Å². The number of ether oxygens (including phenoxy) is 1. The molecule has 0 unspecified atom stereocenters. The van der Waals surface area contributed by atoms with E-state index in [1.165, 1.54) is 11.8 Å². The number of hydrogen-bond donors (Lipinski definition) is 0. The van der Waals surface area contributed by atoms with Crippen LogP contribution in [0.5, 0.6) is 5.75 Å². The Kier molecular flexibility index (Phi) is 7.64. The van der Waals surface area contributed by atoms with Gasteiger partial charge < -0.3 is 4.74 Å². The van der Waals surface area contributed by atoms with Crippen molar-refractivity contribution < 1.29 is 9.66 Å². The molecule has 34 heavy (non-hydrogen) atoms. The van der Waals surface area contributed by atoms with Crippen LogP contribution in [-0.2, 0) is 6.61 Å². The lowest BCUT2D eigenvalue weighted by atomic mass is 10.1. The van der Waals surface area contributed by atoms with Crippen LogP contribution in [-0.4, -0.2) is 26.2 Å². The van der Waals surface area contributed by atoms with E-state index in [4.69, 9.17) is 4.74 Å². The summed E-state index contributed by atoms with van der Waals surface area (Å²) in [4.78, 5) is 11.3. The van der Waals surface area contributed by atoms with Gasteiger partial charge in [0.15, 0.2) is 5.16 Å². The summed E-state index contributed by atoms with van der Waals surface area (Å²) in [5, 5.41) is 20.3. The summed E-state index contributed by atoms with van der Waals surface area (Å²) >= 11 is 4.82. The van der Waals surface area contributed by atoms with E-state index >= 15 is 0 Å². The first kappa shape index (κ1) is 24.0. The normalized spacial score (nSPS) is 11.9. The molecule has 0 aliphatic heterocycles. The van der Waals surface area contributed by atoms with Crippen LogP contribution in [0.4, 0.5) is 0 Å². The molecular weight excluding hydrogens is 516 g/mol. The summed E-state index contributed by atoms with van der Waals surface area (Å²) in [6.45, 7) is 3.96. The third-order valence-corrected chi connectivity index (χ3v) is 6.83. The van der Waals surface area contributed by atoms with Gasteiger partial charge >= 0.3 is 0 Å². The predicted molar refractivity (Wildman–Crippen MR) is 136 cm³/mol. The minimum absolute atomic E-state index is 0.289. The molecule has 0 aliphatic carbocycles. The Labute approximate surface area is 210 Å². The van der Waals surface area contributed by atoms with Crippen molar-refractivity contribution in [2.75, 3.05) is 6.54 Å². The molecule has 0 saturated carbocycles. The molecule has 0 amide bonds. The molecule has 9 heteroatoms. The predicted octanol–water partition coefficient (Wildman–Crippen LogP) is 6.34. The average molecular weight is 539 g/mol. The van der Waals surface area contributed by atoms with Crippen molar-refractivity contribution >= 4 is 27.7 Å². The lowest BCUT2D eigenvalue weighted by molar-refractivity contribution is -0.479. The molecule has 7 nitrogen and oxygen atoms in total. The molecule has 1 heterocycles. The Balaban J connectivity index is 1.69. The molecule has 1 aromatic heterocycles. The van der Waals surface area contributed by atoms with Crippen LogP contribution in [0.1, 0.15) is 27.8 Å². The zero-order valence-corrected chi connectivity index (χ0v) is 21.1. The fourth-order valence-electron chi connectivity index (χ4n) is 3.58. The SMILES string of the molecule is Cc1cccc(-n2c(C)nnc2S[C@H](C[N+](=O)[O-])c2cc(Br)ccc2OCc2ccccc2)c1. The van der Waals surface area contributed by atoms with Crippen LogP contribution in [0.2, 0.25) is 0 Å². The van der Waals surface area contributed by atoms with Crippen LogP contribution < -0.4 is 4.74 Å². The number of halogens is 1. The van der Waals surface area contributed by atoms with E-state index in [1.54, 1.807) is 0 Å². The van der Waals surface area contributed by atoms with E-state index in [9.17, 15) is 10.1 Å². The van der Waals surface area contributed by atoms with Gasteiger partial charge in [-0.2, -0.15) is 0 Å². The maximum atomic E-state index is 11.7. The number of benzene rings is 3. The van der Waals surface area contributed by atoms with E-state index in [-0.39, 0.29) is 11.5 Å². The highest BCUT2D eigenvalue weighted by Crippen LogP contribution is 2.41. The molecule has 0 radical (unpaired) electrons. The van der Waals surface area contributed by atoms with Gasteiger partial charge in [0.1, 0.15) is 23.4 Å². The molecular formula is C25H23BrN4O3S. The first-order chi connectivity index (χ1) is 16.4. The van der Waals surface area contributed by atoms with E-state index in [0.29, 0.717) is 23.3 Å². The van der Waals surface area contributed by atoms with Crippen molar-refractivity contribution in [1.82, 2.24) is 14.8 Å². The Morgan fingerprint density at radius 2 is 1.85 bits per heavy atom. The monoisotopic (exact) mass is 538 g/mol. The molecule has 0 fully saturated rings. The van der Waals surface area contributed by atoms with E-state index in [2.05, 4.69) is 26.1 Å². The van der Waals surface area contributed by atoms with E-state index < -0.39 is 5.25 Å². The van der Waals surface area contributed by atoms with Gasteiger partial charge in [-0.3, -0.25) is 14.7 Å². The van der Waals surface area contributed by atoms with Crippen molar-refractivity contribution in [2.24, 2.45) is 0 Å². The Morgan fingerprint density at radius 3 is 2.59 bits per heavy atom. The van der Waals surface area contributed by atoms with Gasteiger partial charge in [0.2, 0.25) is 6.54 Å². The Morgan fingerprint density at radius 1 is 1.06 bits per heavy atom. The number of rotatable bonds is 9. The fraction of sp³-hybridized carbons (Fsp3) is 0.200. The van der Waals surface area contributed by atoms with Gasteiger partial charge in [0.25, 0.3) is 0 Å². The maximum absolute atomic E-state index is 11.7. The smallest absolute Gasteiger partial charge is 0.220 e. The van der Waals surface area contributed by atoms with Crippen molar-refractivity contribution in [3.05, 3.63) is 110 Å². The first-order valence-electron chi connectivity index (χ1n) is 10.6.